The molecule has 0 aliphatic carbocycles. The van der Waals surface area contributed by atoms with Gasteiger partial charge in [-0.05, 0) is 24.1 Å². The SMILES string of the molecule is CC1(C)COc2cc(CCN3CCNCC3)cc(Cl)c2OC1. The first-order valence-electron chi connectivity index (χ1n) is 8.05. The molecule has 0 aromatic heterocycles. The van der Waals surface area contributed by atoms with Gasteiger partial charge in [-0.3, -0.25) is 0 Å². The molecule has 5 heteroatoms. The zero-order valence-corrected chi connectivity index (χ0v) is 14.2. The monoisotopic (exact) mass is 324 g/mol. The van der Waals surface area contributed by atoms with Crippen LogP contribution in [-0.4, -0.2) is 50.8 Å². The normalized spacial score (nSPS) is 21.4. The van der Waals surface area contributed by atoms with Gasteiger partial charge in [-0.15, -0.1) is 0 Å². The summed E-state index contributed by atoms with van der Waals surface area (Å²) in [6, 6.07) is 4.11. The lowest BCUT2D eigenvalue weighted by Crippen LogP contribution is -2.44. The topological polar surface area (TPSA) is 33.7 Å². The van der Waals surface area contributed by atoms with Crippen LogP contribution in [0, 0.1) is 5.41 Å². The molecule has 0 spiro atoms. The predicted molar refractivity (Wildman–Crippen MR) is 89.2 cm³/mol. The Bertz CT molecular complexity index is 528. The number of fused-ring (bicyclic) bond motifs is 1. The minimum Gasteiger partial charge on any atom is -0.489 e. The number of ether oxygens (including phenoxy) is 2. The van der Waals surface area contributed by atoms with Crippen molar-refractivity contribution in [3.05, 3.63) is 22.7 Å². The van der Waals surface area contributed by atoms with E-state index in [1.54, 1.807) is 0 Å². The van der Waals surface area contributed by atoms with E-state index in [2.05, 4.69) is 30.1 Å². The van der Waals surface area contributed by atoms with Crippen molar-refractivity contribution < 1.29 is 9.47 Å². The van der Waals surface area contributed by atoms with Crippen molar-refractivity contribution in [1.82, 2.24) is 10.2 Å². The van der Waals surface area contributed by atoms with E-state index in [9.17, 15) is 0 Å². The molecule has 0 bridgehead atoms. The van der Waals surface area contributed by atoms with Crippen molar-refractivity contribution in [2.24, 2.45) is 5.41 Å². The Morgan fingerprint density at radius 3 is 2.68 bits per heavy atom. The molecule has 122 valence electrons. The highest BCUT2D eigenvalue weighted by atomic mass is 35.5. The van der Waals surface area contributed by atoms with Gasteiger partial charge in [-0.2, -0.15) is 0 Å². The molecule has 0 unspecified atom stereocenters. The highest BCUT2D eigenvalue weighted by molar-refractivity contribution is 6.32. The molecular formula is C17H25ClN2O2. The Morgan fingerprint density at radius 2 is 1.91 bits per heavy atom. The molecule has 1 aromatic carbocycles. The molecule has 1 fully saturated rings. The van der Waals surface area contributed by atoms with E-state index in [1.807, 2.05) is 6.07 Å². The highest BCUT2D eigenvalue weighted by Crippen LogP contribution is 2.40. The highest BCUT2D eigenvalue weighted by Gasteiger charge is 2.27. The minimum absolute atomic E-state index is 0.00329. The third-order valence-corrected chi connectivity index (χ3v) is 4.50. The van der Waals surface area contributed by atoms with Crippen molar-refractivity contribution in [1.29, 1.82) is 0 Å². The Balaban J connectivity index is 1.69. The maximum absolute atomic E-state index is 6.41. The van der Waals surface area contributed by atoms with Crippen LogP contribution in [0.15, 0.2) is 12.1 Å². The lowest BCUT2D eigenvalue weighted by molar-refractivity contribution is 0.140. The summed E-state index contributed by atoms with van der Waals surface area (Å²) in [7, 11) is 0. The number of halogens is 1. The zero-order valence-electron chi connectivity index (χ0n) is 13.5. The molecule has 2 aliphatic rings. The van der Waals surface area contributed by atoms with Crippen LogP contribution in [0.2, 0.25) is 5.02 Å². The number of hydrogen-bond donors (Lipinski definition) is 1. The van der Waals surface area contributed by atoms with Crippen molar-refractivity contribution in [3.63, 3.8) is 0 Å². The number of piperazine rings is 1. The Morgan fingerprint density at radius 1 is 1.18 bits per heavy atom. The Labute approximate surface area is 137 Å². The van der Waals surface area contributed by atoms with E-state index in [1.165, 1.54) is 5.56 Å². The first kappa shape index (κ1) is 15.9. The molecule has 2 heterocycles. The van der Waals surface area contributed by atoms with Gasteiger partial charge in [0.2, 0.25) is 0 Å². The van der Waals surface area contributed by atoms with Gasteiger partial charge in [0, 0.05) is 38.1 Å². The summed E-state index contributed by atoms with van der Waals surface area (Å²) in [5.74, 6) is 1.48. The molecule has 4 nitrogen and oxygen atoms in total. The Hall–Kier alpha value is -0.970. The Kier molecular flexibility index (Phi) is 4.81. The summed E-state index contributed by atoms with van der Waals surface area (Å²) in [6.07, 6.45) is 0.986. The molecule has 0 saturated carbocycles. The average Bonchev–Trinajstić information content (AvgIpc) is 2.66. The lowest BCUT2D eigenvalue weighted by Gasteiger charge is -2.27. The minimum atomic E-state index is 0.00329. The van der Waals surface area contributed by atoms with Crippen LogP contribution in [0.5, 0.6) is 11.5 Å². The van der Waals surface area contributed by atoms with Gasteiger partial charge in [-0.25, -0.2) is 0 Å². The van der Waals surface area contributed by atoms with Crippen molar-refractivity contribution in [3.8, 4) is 11.5 Å². The summed E-state index contributed by atoms with van der Waals surface area (Å²) < 4.78 is 11.8. The van der Waals surface area contributed by atoms with Crippen LogP contribution in [0.3, 0.4) is 0 Å². The zero-order chi connectivity index (χ0) is 15.6. The number of hydrogen-bond acceptors (Lipinski definition) is 4. The van der Waals surface area contributed by atoms with E-state index in [0.29, 0.717) is 24.0 Å². The van der Waals surface area contributed by atoms with E-state index < -0.39 is 0 Å². The molecule has 1 saturated heterocycles. The van der Waals surface area contributed by atoms with Crippen molar-refractivity contribution >= 4 is 11.6 Å². The maximum Gasteiger partial charge on any atom is 0.179 e. The van der Waals surface area contributed by atoms with Gasteiger partial charge in [0.25, 0.3) is 0 Å². The fourth-order valence-electron chi connectivity index (χ4n) is 2.82. The van der Waals surface area contributed by atoms with Gasteiger partial charge < -0.3 is 19.7 Å². The van der Waals surface area contributed by atoms with Crippen molar-refractivity contribution in [2.45, 2.75) is 20.3 Å². The lowest BCUT2D eigenvalue weighted by atomic mass is 9.97. The molecule has 2 aliphatic heterocycles. The summed E-state index contributed by atoms with van der Waals surface area (Å²) in [5, 5.41) is 4.04. The standard InChI is InChI=1S/C17H25ClN2O2/c1-17(2)11-21-15-10-13(9-14(18)16(15)22-12-17)3-6-20-7-4-19-5-8-20/h9-10,19H,3-8,11-12H2,1-2H3. The summed E-state index contributed by atoms with van der Waals surface area (Å²) in [6.45, 7) is 11.0. The first-order valence-corrected chi connectivity index (χ1v) is 8.42. The van der Waals surface area contributed by atoms with E-state index in [-0.39, 0.29) is 5.41 Å². The number of nitrogens with one attached hydrogen (secondary N) is 1. The molecule has 0 amide bonds. The molecule has 1 aromatic rings. The van der Waals surface area contributed by atoms with E-state index in [4.69, 9.17) is 21.1 Å². The third-order valence-electron chi connectivity index (χ3n) is 4.22. The van der Waals surface area contributed by atoms with Crippen LogP contribution in [0.1, 0.15) is 19.4 Å². The van der Waals surface area contributed by atoms with Crippen LogP contribution >= 0.6 is 11.6 Å². The number of rotatable bonds is 3. The fourth-order valence-corrected chi connectivity index (χ4v) is 3.11. The number of nitrogens with zero attached hydrogens (tertiary/aromatic N) is 1. The van der Waals surface area contributed by atoms with Crippen molar-refractivity contribution in [2.75, 3.05) is 45.9 Å². The van der Waals surface area contributed by atoms with E-state index >= 15 is 0 Å². The third kappa shape index (κ3) is 3.86. The smallest absolute Gasteiger partial charge is 0.179 e. The summed E-state index contributed by atoms with van der Waals surface area (Å²) >= 11 is 6.41. The molecule has 3 rings (SSSR count). The van der Waals surface area contributed by atoms with Gasteiger partial charge in [0.05, 0.1) is 18.2 Å². The molecule has 1 N–H and O–H groups in total. The largest absolute Gasteiger partial charge is 0.489 e. The molecule has 22 heavy (non-hydrogen) atoms. The summed E-state index contributed by atoms with van der Waals surface area (Å²) in [4.78, 5) is 2.48. The van der Waals surface area contributed by atoms with Crippen LogP contribution in [0.25, 0.3) is 0 Å². The summed E-state index contributed by atoms with van der Waals surface area (Å²) in [5.41, 5.74) is 1.22. The van der Waals surface area contributed by atoms with Gasteiger partial charge in [0.15, 0.2) is 11.5 Å². The number of benzene rings is 1. The molecule has 0 atom stereocenters. The van der Waals surface area contributed by atoms with Gasteiger partial charge >= 0.3 is 0 Å². The predicted octanol–water partition coefficient (Wildman–Crippen LogP) is 2.59. The molecule has 0 radical (unpaired) electrons. The fraction of sp³-hybridized carbons (Fsp3) is 0.647. The maximum atomic E-state index is 6.41. The van der Waals surface area contributed by atoms with Crippen LogP contribution < -0.4 is 14.8 Å². The van der Waals surface area contributed by atoms with Crippen LogP contribution in [0.4, 0.5) is 0 Å². The quantitative estimate of drug-likeness (QED) is 0.926. The van der Waals surface area contributed by atoms with Crippen LogP contribution in [-0.2, 0) is 6.42 Å². The average molecular weight is 325 g/mol. The van der Waals surface area contributed by atoms with E-state index in [0.717, 1.165) is 44.9 Å². The second kappa shape index (κ2) is 6.65. The first-order chi connectivity index (χ1) is 10.5. The van der Waals surface area contributed by atoms with Gasteiger partial charge in [-0.1, -0.05) is 25.4 Å². The second-order valence-corrected chi connectivity index (χ2v) is 7.40. The molecular weight excluding hydrogens is 300 g/mol. The second-order valence-electron chi connectivity index (χ2n) is 6.99. The van der Waals surface area contributed by atoms with Gasteiger partial charge in [0.1, 0.15) is 0 Å².